The van der Waals surface area contributed by atoms with Crippen LogP contribution < -0.4 is 16.0 Å². The quantitative estimate of drug-likeness (QED) is 0.754. The largest absolute Gasteiger partial charge is 0.355 e. The number of carbonyl (C=O) groups excluding carboxylic acids is 1. The van der Waals surface area contributed by atoms with Gasteiger partial charge in [-0.05, 0) is 30.3 Å². The minimum atomic E-state index is 0. The van der Waals surface area contributed by atoms with Gasteiger partial charge in [-0.2, -0.15) is 11.8 Å². The Kier molecular flexibility index (Phi) is 7.43. The Morgan fingerprint density at radius 3 is 2.58 bits per heavy atom. The summed E-state index contributed by atoms with van der Waals surface area (Å²) in [6.07, 6.45) is 0.517. The number of hydrogen-bond acceptors (Lipinski definition) is 4. The monoisotopic (exact) mass is 363 g/mol. The van der Waals surface area contributed by atoms with Crippen molar-refractivity contribution in [3.8, 4) is 0 Å². The Labute approximate surface area is 153 Å². The van der Waals surface area contributed by atoms with Crippen molar-refractivity contribution in [1.29, 1.82) is 0 Å². The zero-order chi connectivity index (χ0) is 15.9. The van der Waals surface area contributed by atoms with Crippen LogP contribution in [0.3, 0.4) is 0 Å². The maximum absolute atomic E-state index is 12.2. The van der Waals surface area contributed by atoms with Gasteiger partial charge in [0.25, 0.3) is 0 Å². The van der Waals surface area contributed by atoms with Gasteiger partial charge in [-0.25, -0.2) is 0 Å². The fourth-order valence-electron chi connectivity index (χ4n) is 2.55. The van der Waals surface area contributed by atoms with Crippen LogP contribution in [0.4, 0.5) is 17.1 Å². The summed E-state index contributed by atoms with van der Waals surface area (Å²) in [5, 5.41) is 9.70. The minimum Gasteiger partial charge on any atom is -0.355 e. The third-order valence-electron chi connectivity index (χ3n) is 3.64. The molecular weight excluding hydrogens is 342 g/mol. The second-order valence-electron chi connectivity index (χ2n) is 5.55. The molecule has 2 aromatic rings. The molecular formula is C18H22ClN3OS. The molecule has 1 unspecified atom stereocenters. The SMILES string of the molecule is Cl.O=C(CC1CSCCN1)Nc1cccc(Nc2ccccc2)c1. The van der Waals surface area contributed by atoms with E-state index in [1.54, 1.807) is 0 Å². The van der Waals surface area contributed by atoms with E-state index in [1.807, 2.05) is 66.4 Å². The fourth-order valence-corrected chi connectivity index (χ4v) is 3.50. The van der Waals surface area contributed by atoms with Crippen LogP contribution in [0.15, 0.2) is 54.6 Å². The van der Waals surface area contributed by atoms with Crippen molar-refractivity contribution in [2.24, 2.45) is 0 Å². The highest BCUT2D eigenvalue weighted by Crippen LogP contribution is 2.20. The standard InChI is InChI=1S/C18H21N3OS.ClH/c22-18(12-17-13-23-10-9-19-17)21-16-8-4-7-15(11-16)20-14-5-2-1-3-6-14;/h1-8,11,17,19-20H,9-10,12-13H2,(H,21,22);1H. The molecule has 4 nitrogen and oxygen atoms in total. The summed E-state index contributed by atoms with van der Waals surface area (Å²) in [6, 6.07) is 18.1. The Bertz CT molecular complexity index is 648. The summed E-state index contributed by atoms with van der Waals surface area (Å²) in [5.41, 5.74) is 2.80. The molecule has 128 valence electrons. The molecule has 6 heteroatoms. The van der Waals surface area contributed by atoms with E-state index in [9.17, 15) is 4.79 Å². The van der Waals surface area contributed by atoms with Gasteiger partial charge in [-0.3, -0.25) is 4.79 Å². The van der Waals surface area contributed by atoms with Gasteiger partial charge in [-0.15, -0.1) is 12.4 Å². The zero-order valence-corrected chi connectivity index (χ0v) is 15.0. The number of nitrogens with one attached hydrogen (secondary N) is 3. The molecule has 0 saturated carbocycles. The van der Waals surface area contributed by atoms with E-state index in [-0.39, 0.29) is 24.4 Å². The lowest BCUT2D eigenvalue weighted by Crippen LogP contribution is -2.39. The van der Waals surface area contributed by atoms with E-state index >= 15 is 0 Å². The van der Waals surface area contributed by atoms with E-state index in [0.717, 1.165) is 35.1 Å². The lowest BCUT2D eigenvalue weighted by molar-refractivity contribution is -0.116. The Balaban J connectivity index is 0.00000208. The third-order valence-corrected chi connectivity index (χ3v) is 4.77. The molecule has 0 aromatic heterocycles. The highest BCUT2D eigenvalue weighted by atomic mass is 35.5. The number of carbonyl (C=O) groups is 1. The fraction of sp³-hybridized carbons (Fsp3) is 0.278. The van der Waals surface area contributed by atoms with Gasteiger partial charge in [0.15, 0.2) is 0 Å². The van der Waals surface area contributed by atoms with Crippen LogP contribution in [-0.4, -0.2) is 30.0 Å². The highest BCUT2D eigenvalue weighted by Gasteiger charge is 2.16. The summed E-state index contributed by atoms with van der Waals surface area (Å²) in [5.74, 6) is 2.19. The summed E-state index contributed by atoms with van der Waals surface area (Å²) in [4.78, 5) is 12.2. The summed E-state index contributed by atoms with van der Waals surface area (Å²) < 4.78 is 0. The van der Waals surface area contributed by atoms with Crippen molar-refractivity contribution in [2.45, 2.75) is 12.5 Å². The van der Waals surface area contributed by atoms with Crippen LogP contribution in [0.1, 0.15) is 6.42 Å². The van der Waals surface area contributed by atoms with Crippen LogP contribution in [0, 0.1) is 0 Å². The first-order valence-corrected chi connectivity index (χ1v) is 8.98. The molecule has 1 heterocycles. The lowest BCUT2D eigenvalue weighted by Gasteiger charge is -2.22. The van der Waals surface area contributed by atoms with Gasteiger partial charge in [0, 0.05) is 47.6 Å². The predicted octanol–water partition coefficient (Wildman–Crippen LogP) is 3.89. The number of thioether (sulfide) groups is 1. The van der Waals surface area contributed by atoms with Crippen LogP contribution in [0.5, 0.6) is 0 Å². The van der Waals surface area contributed by atoms with Crippen LogP contribution in [-0.2, 0) is 4.79 Å². The first kappa shape index (κ1) is 18.6. The smallest absolute Gasteiger partial charge is 0.225 e. The Morgan fingerprint density at radius 1 is 1.08 bits per heavy atom. The Morgan fingerprint density at radius 2 is 1.83 bits per heavy atom. The molecule has 0 aliphatic carbocycles. The molecule has 1 saturated heterocycles. The topological polar surface area (TPSA) is 53.2 Å². The van der Waals surface area contributed by atoms with Gasteiger partial charge < -0.3 is 16.0 Å². The van der Waals surface area contributed by atoms with Gasteiger partial charge >= 0.3 is 0 Å². The van der Waals surface area contributed by atoms with Crippen LogP contribution >= 0.6 is 24.2 Å². The summed E-state index contributed by atoms with van der Waals surface area (Å²) in [6.45, 7) is 0.985. The maximum atomic E-state index is 12.2. The first-order valence-electron chi connectivity index (χ1n) is 7.83. The first-order chi connectivity index (χ1) is 11.3. The van der Waals surface area contributed by atoms with Crippen molar-refractivity contribution in [3.05, 3.63) is 54.6 Å². The molecule has 1 fully saturated rings. The molecule has 1 atom stereocenters. The molecule has 0 bridgehead atoms. The highest BCUT2D eigenvalue weighted by molar-refractivity contribution is 7.99. The number of amides is 1. The lowest BCUT2D eigenvalue weighted by atomic mass is 10.2. The van der Waals surface area contributed by atoms with Gasteiger partial charge in [-0.1, -0.05) is 24.3 Å². The summed E-state index contributed by atoms with van der Waals surface area (Å²) >= 11 is 1.90. The predicted molar refractivity (Wildman–Crippen MR) is 106 cm³/mol. The van der Waals surface area contributed by atoms with Gasteiger partial charge in [0.05, 0.1) is 0 Å². The van der Waals surface area contributed by atoms with E-state index in [1.165, 1.54) is 0 Å². The molecule has 3 rings (SSSR count). The van der Waals surface area contributed by atoms with E-state index < -0.39 is 0 Å². The maximum Gasteiger partial charge on any atom is 0.225 e. The van der Waals surface area contributed by atoms with E-state index in [4.69, 9.17) is 0 Å². The van der Waals surface area contributed by atoms with Gasteiger partial charge in [0.1, 0.15) is 0 Å². The average Bonchev–Trinajstić information content (AvgIpc) is 2.57. The van der Waals surface area contributed by atoms with E-state index in [2.05, 4.69) is 16.0 Å². The molecule has 1 aliphatic heterocycles. The number of rotatable bonds is 5. The molecule has 2 aromatic carbocycles. The number of halogens is 1. The normalized spacial score (nSPS) is 16.8. The third kappa shape index (κ3) is 5.74. The van der Waals surface area contributed by atoms with Crippen molar-refractivity contribution in [1.82, 2.24) is 5.32 Å². The molecule has 0 radical (unpaired) electrons. The van der Waals surface area contributed by atoms with Crippen molar-refractivity contribution in [2.75, 3.05) is 28.7 Å². The minimum absolute atomic E-state index is 0. The van der Waals surface area contributed by atoms with Crippen LogP contribution in [0.2, 0.25) is 0 Å². The average molecular weight is 364 g/mol. The second-order valence-corrected chi connectivity index (χ2v) is 6.70. The second kappa shape index (κ2) is 9.57. The van der Waals surface area contributed by atoms with Crippen molar-refractivity contribution >= 4 is 47.1 Å². The molecule has 24 heavy (non-hydrogen) atoms. The number of benzene rings is 2. The molecule has 3 N–H and O–H groups in total. The van der Waals surface area contributed by atoms with Crippen LogP contribution in [0.25, 0.3) is 0 Å². The van der Waals surface area contributed by atoms with E-state index in [0.29, 0.717) is 6.42 Å². The van der Waals surface area contributed by atoms with Gasteiger partial charge in [0.2, 0.25) is 5.91 Å². The van der Waals surface area contributed by atoms with Crippen molar-refractivity contribution < 1.29 is 4.79 Å². The number of hydrogen-bond donors (Lipinski definition) is 3. The molecule has 1 aliphatic rings. The van der Waals surface area contributed by atoms with Crippen molar-refractivity contribution in [3.63, 3.8) is 0 Å². The number of para-hydroxylation sites is 1. The molecule has 1 amide bonds. The molecule has 0 spiro atoms. The Hall–Kier alpha value is -1.69. The number of anilines is 3. The summed E-state index contributed by atoms with van der Waals surface area (Å²) in [7, 11) is 0. The zero-order valence-electron chi connectivity index (χ0n) is 13.3.